The number of fused-ring (bicyclic) bond motifs is 1. The van der Waals surface area contributed by atoms with Crippen molar-refractivity contribution in [1.29, 1.82) is 0 Å². The third-order valence-corrected chi connectivity index (χ3v) is 6.09. The van der Waals surface area contributed by atoms with Crippen LogP contribution >= 0.6 is 0 Å². The van der Waals surface area contributed by atoms with Gasteiger partial charge >= 0.3 is 0 Å². The number of carbonyl (C=O) groups excluding carboxylic acids is 1. The number of piperidine rings is 1. The fourth-order valence-corrected chi connectivity index (χ4v) is 4.64. The molecule has 1 N–H and O–H groups in total. The summed E-state index contributed by atoms with van der Waals surface area (Å²) in [6, 6.07) is 0.367. The summed E-state index contributed by atoms with van der Waals surface area (Å²) in [4.78, 5) is 26.3. The topological polar surface area (TPSA) is 70.6 Å². The van der Waals surface area contributed by atoms with Crippen LogP contribution < -0.4 is 10.2 Å². The molecule has 2 saturated heterocycles. The SMILES string of the molecule is Cc1nc(N2CCCCC2)ncc1C(=O)N[C@H]1[C@H]2CCO[C@H]2[C@@H]1N(C)C. The van der Waals surface area contributed by atoms with E-state index >= 15 is 0 Å². The van der Waals surface area contributed by atoms with E-state index in [2.05, 4.69) is 25.1 Å². The number of aryl methyl sites for hydroxylation is 1. The Hall–Kier alpha value is -1.73. The minimum atomic E-state index is -0.0742. The van der Waals surface area contributed by atoms with E-state index in [0.717, 1.165) is 37.8 Å². The zero-order chi connectivity index (χ0) is 18.3. The van der Waals surface area contributed by atoms with Crippen LogP contribution in [0.5, 0.6) is 0 Å². The Balaban J connectivity index is 1.46. The van der Waals surface area contributed by atoms with Crippen LogP contribution in [0.1, 0.15) is 41.7 Å². The minimum absolute atomic E-state index is 0.0742. The monoisotopic (exact) mass is 359 g/mol. The standard InChI is InChI=1S/C19H29N5O2/c1-12-14(11-20-19(21-12)24-8-5-4-6-9-24)18(25)22-15-13-7-10-26-17(13)16(15)23(2)3/h11,13,15-17H,4-10H2,1-3H3,(H,22,25)/t13-,15+,16-,17-/m1/s1. The lowest BCUT2D eigenvalue weighted by Crippen LogP contribution is -2.69. The number of carbonyl (C=O) groups is 1. The van der Waals surface area contributed by atoms with Crippen LogP contribution in [0, 0.1) is 12.8 Å². The first-order valence-electron chi connectivity index (χ1n) is 9.74. The van der Waals surface area contributed by atoms with Crippen molar-refractivity contribution in [2.24, 2.45) is 5.92 Å². The number of rotatable bonds is 4. The third-order valence-electron chi connectivity index (χ3n) is 6.09. The van der Waals surface area contributed by atoms with E-state index in [9.17, 15) is 4.79 Å². The normalized spacial score (nSPS) is 30.8. The summed E-state index contributed by atoms with van der Waals surface area (Å²) in [6.07, 6.45) is 6.59. The van der Waals surface area contributed by atoms with Gasteiger partial charge in [-0.25, -0.2) is 9.97 Å². The molecule has 1 aromatic rings. The average molecular weight is 359 g/mol. The van der Waals surface area contributed by atoms with Gasteiger partial charge in [-0.2, -0.15) is 0 Å². The summed E-state index contributed by atoms with van der Waals surface area (Å²) in [6.45, 7) is 4.69. The summed E-state index contributed by atoms with van der Waals surface area (Å²) >= 11 is 0. The largest absolute Gasteiger partial charge is 0.376 e. The van der Waals surface area contributed by atoms with Gasteiger partial charge in [0.15, 0.2) is 0 Å². The number of nitrogens with one attached hydrogen (secondary N) is 1. The van der Waals surface area contributed by atoms with Crippen molar-refractivity contribution in [3.63, 3.8) is 0 Å². The molecule has 1 aliphatic carbocycles. The first kappa shape index (κ1) is 17.7. The maximum atomic E-state index is 12.8. The van der Waals surface area contributed by atoms with Gasteiger partial charge in [0, 0.05) is 31.8 Å². The second kappa shape index (κ2) is 7.12. The molecule has 0 spiro atoms. The van der Waals surface area contributed by atoms with E-state index in [0.29, 0.717) is 11.5 Å². The van der Waals surface area contributed by atoms with Crippen LogP contribution in [-0.2, 0) is 4.74 Å². The van der Waals surface area contributed by atoms with Gasteiger partial charge in [0.05, 0.1) is 29.4 Å². The highest BCUT2D eigenvalue weighted by atomic mass is 16.5. The van der Waals surface area contributed by atoms with Gasteiger partial charge in [0.1, 0.15) is 0 Å². The Bertz CT molecular complexity index is 674. The van der Waals surface area contributed by atoms with Gasteiger partial charge in [0.2, 0.25) is 5.95 Å². The van der Waals surface area contributed by atoms with E-state index in [4.69, 9.17) is 4.74 Å². The van der Waals surface area contributed by atoms with Crippen LogP contribution in [0.15, 0.2) is 6.20 Å². The van der Waals surface area contributed by atoms with Crippen molar-refractivity contribution in [3.8, 4) is 0 Å². The van der Waals surface area contributed by atoms with Crippen molar-refractivity contribution < 1.29 is 9.53 Å². The van der Waals surface area contributed by atoms with Crippen molar-refractivity contribution in [3.05, 3.63) is 17.5 Å². The first-order chi connectivity index (χ1) is 12.6. The summed E-state index contributed by atoms with van der Waals surface area (Å²) in [7, 11) is 4.09. The summed E-state index contributed by atoms with van der Waals surface area (Å²) < 4.78 is 5.83. The smallest absolute Gasteiger partial charge is 0.254 e. The van der Waals surface area contributed by atoms with Crippen LogP contribution in [0.25, 0.3) is 0 Å². The van der Waals surface area contributed by atoms with E-state index in [1.807, 2.05) is 21.0 Å². The highest BCUT2D eigenvalue weighted by Gasteiger charge is 2.55. The Morgan fingerprint density at radius 1 is 1.31 bits per heavy atom. The average Bonchev–Trinajstić information content (AvgIpc) is 3.03. The predicted molar refractivity (Wildman–Crippen MR) is 99.4 cm³/mol. The van der Waals surface area contributed by atoms with Crippen molar-refractivity contribution in [2.45, 2.75) is 50.8 Å². The molecule has 1 amide bonds. The van der Waals surface area contributed by atoms with Crippen LogP contribution in [-0.4, -0.2) is 72.8 Å². The molecule has 1 saturated carbocycles. The zero-order valence-electron chi connectivity index (χ0n) is 15.9. The lowest BCUT2D eigenvalue weighted by atomic mass is 9.71. The number of amides is 1. The van der Waals surface area contributed by atoms with Crippen LogP contribution in [0.2, 0.25) is 0 Å². The molecule has 3 aliphatic rings. The molecule has 3 fully saturated rings. The molecular formula is C19H29N5O2. The highest BCUT2D eigenvalue weighted by Crippen LogP contribution is 2.41. The fourth-order valence-electron chi connectivity index (χ4n) is 4.64. The molecule has 4 atom stereocenters. The number of ether oxygens (including phenoxy) is 1. The number of hydrogen-bond donors (Lipinski definition) is 1. The predicted octanol–water partition coefficient (Wildman–Crippen LogP) is 1.22. The van der Waals surface area contributed by atoms with Crippen LogP contribution in [0.4, 0.5) is 5.95 Å². The molecule has 0 bridgehead atoms. The molecule has 2 aliphatic heterocycles. The molecular weight excluding hydrogens is 330 g/mol. The lowest BCUT2D eigenvalue weighted by molar-refractivity contribution is -0.0664. The molecule has 0 aromatic carbocycles. The van der Waals surface area contributed by atoms with Gasteiger partial charge in [-0.05, 0) is 46.7 Å². The number of aromatic nitrogens is 2. The minimum Gasteiger partial charge on any atom is -0.376 e. The van der Waals surface area contributed by atoms with Gasteiger partial charge in [0.25, 0.3) is 5.91 Å². The maximum Gasteiger partial charge on any atom is 0.254 e. The van der Waals surface area contributed by atoms with Gasteiger partial charge < -0.3 is 19.9 Å². The van der Waals surface area contributed by atoms with E-state index in [1.54, 1.807) is 6.20 Å². The Morgan fingerprint density at radius 3 is 2.77 bits per heavy atom. The summed E-state index contributed by atoms with van der Waals surface area (Å²) in [5.41, 5.74) is 1.32. The maximum absolute atomic E-state index is 12.8. The summed E-state index contributed by atoms with van der Waals surface area (Å²) in [5.74, 6) is 1.09. The lowest BCUT2D eigenvalue weighted by Gasteiger charge is -2.50. The van der Waals surface area contributed by atoms with Crippen molar-refractivity contribution >= 4 is 11.9 Å². The van der Waals surface area contributed by atoms with E-state index < -0.39 is 0 Å². The molecule has 0 radical (unpaired) electrons. The van der Waals surface area contributed by atoms with E-state index in [-0.39, 0.29) is 24.1 Å². The highest BCUT2D eigenvalue weighted by molar-refractivity contribution is 5.95. The van der Waals surface area contributed by atoms with Crippen molar-refractivity contribution in [2.75, 3.05) is 38.7 Å². The first-order valence-corrected chi connectivity index (χ1v) is 9.74. The summed E-state index contributed by atoms with van der Waals surface area (Å²) in [5, 5.41) is 3.22. The quantitative estimate of drug-likeness (QED) is 0.872. The Morgan fingerprint density at radius 2 is 2.08 bits per heavy atom. The second-order valence-electron chi connectivity index (χ2n) is 7.96. The number of nitrogens with zero attached hydrogens (tertiary/aromatic N) is 4. The van der Waals surface area contributed by atoms with Gasteiger partial charge in [-0.1, -0.05) is 0 Å². The molecule has 3 heterocycles. The van der Waals surface area contributed by atoms with Gasteiger partial charge in [-0.15, -0.1) is 0 Å². The Labute approximate surface area is 155 Å². The molecule has 7 heteroatoms. The molecule has 7 nitrogen and oxygen atoms in total. The molecule has 0 unspecified atom stereocenters. The zero-order valence-corrected chi connectivity index (χ0v) is 15.9. The van der Waals surface area contributed by atoms with E-state index in [1.165, 1.54) is 19.3 Å². The third kappa shape index (κ3) is 3.07. The van der Waals surface area contributed by atoms with Crippen molar-refractivity contribution in [1.82, 2.24) is 20.2 Å². The Kier molecular flexibility index (Phi) is 4.84. The molecule has 142 valence electrons. The molecule has 1 aromatic heterocycles. The number of likely N-dealkylation sites (N-methyl/N-ethyl adjacent to an activating group) is 1. The fraction of sp³-hybridized carbons (Fsp3) is 0.737. The molecule has 26 heavy (non-hydrogen) atoms. The molecule has 4 rings (SSSR count). The van der Waals surface area contributed by atoms with Crippen LogP contribution in [0.3, 0.4) is 0 Å². The second-order valence-corrected chi connectivity index (χ2v) is 7.96. The van der Waals surface area contributed by atoms with Gasteiger partial charge in [-0.3, -0.25) is 4.79 Å². The number of hydrogen-bond acceptors (Lipinski definition) is 6. The number of anilines is 1.